The van der Waals surface area contributed by atoms with Gasteiger partial charge in [0.25, 0.3) is 0 Å². The van der Waals surface area contributed by atoms with Gasteiger partial charge in [0.05, 0.1) is 18.4 Å². The lowest BCUT2D eigenvalue weighted by atomic mass is 10.1. The minimum Gasteiger partial charge on any atom is -0.465 e. The molecule has 0 fully saturated rings. The highest BCUT2D eigenvalue weighted by molar-refractivity contribution is 5.96. The van der Waals surface area contributed by atoms with Gasteiger partial charge >= 0.3 is 5.97 Å². The largest absolute Gasteiger partial charge is 0.465 e. The van der Waals surface area contributed by atoms with Crippen LogP contribution >= 0.6 is 0 Å². The molecule has 4 rings (SSSR count). The highest BCUT2D eigenvalue weighted by Crippen LogP contribution is 2.30. The maximum absolute atomic E-state index is 11.8. The van der Waals surface area contributed by atoms with Crippen molar-refractivity contribution in [2.75, 3.05) is 7.11 Å². The van der Waals surface area contributed by atoms with Crippen molar-refractivity contribution in [2.45, 2.75) is 6.92 Å². The Balaban J connectivity index is 1.99. The van der Waals surface area contributed by atoms with Gasteiger partial charge in [0, 0.05) is 11.8 Å². The summed E-state index contributed by atoms with van der Waals surface area (Å²) in [5, 5.41) is 4.71. The molecule has 128 valence electrons. The Morgan fingerprint density at radius 1 is 1.04 bits per heavy atom. The van der Waals surface area contributed by atoms with Crippen molar-refractivity contribution < 1.29 is 9.53 Å². The summed E-state index contributed by atoms with van der Waals surface area (Å²) in [6, 6.07) is 19.8. The summed E-state index contributed by atoms with van der Waals surface area (Å²) in [6.07, 6.45) is 1.53. The van der Waals surface area contributed by atoms with Gasteiger partial charge < -0.3 is 4.74 Å². The molecule has 2 aromatic carbocycles. The van der Waals surface area contributed by atoms with Crippen molar-refractivity contribution in [3.05, 3.63) is 78.0 Å². The number of methoxy groups -OCH3 is 1. The predicted molar refractivity (Wildman–Crippen MR) is 100 cm³/mol. The summed E-state index contributed by atoms with van der Waals surface area (Å²) in [5.74, 6) is -0.425. The van der Waals surface area contributed by atoms with Gasteiger partial charge in [0.15, 0.2) is 0 Å². The van der Waals surface area contributed by atoms with Gasteiger partial charge in [-0.15, -0.1) is 0 Å². The molecule has 0 atom stereocenters. The number of aromatic nitrogens is 3. The van der Waals surface area contributed by atoms with E-state index >= 15 is 0 Å². The third kappa shape index (κ3) is 2.73. The van der Waals surface area contributed by atoms with E-state index in [0.29, 0.717) is 11.1 Å². The summed E-state index contributed by atoms with van der Waals surface area (Å²) in [5.41, 5.74) is 5.79. The molecule has 0 saturated carbocycles. The van der Waals surface area contributed by atoms with E-state index in [-0.39, 0.29) is 0 Å². The number of pyridine rings is 1. The first-order chi connectivity index (χ1) is 12.7. The second-order valence-corrected chi connectivity index (χ2v) is 6.05. The first-order valence-corrected chi connectivity index (χ1v) is 8.27. The number of carbonyl (C=O) groups is 1. The number of rotatable bonds is 3. The fourth-order valence-corrected chi connectivity index (χ4v) is 2.93. The molecule has 2 heterocycles. The maximum atomic E-state index is 11.8. The van der Waals surface area contributed by atoms with Crippen LogP contribution in [-0.4, -0.2) is 27.8 Å². The smallest absolute Gasteiger partial charge is 0.339 e. The average molecular weight is 343 g/mol. The Bertz CT molecular complexity index is 1080. The lowest BCUT2D eigenvalue weighted by Crippen LogP contribution is -2.01. The maximum Gasteiger partial charge on any atom is 0.339 e. The van der Waals surface area contributed by atoms with Crippen molar-refractivity contribution in [3.8, 4) is 16.9 Å². The van der Waals surface area contributed by atoms with E-state index in [4.69, 9.17) is 9.84 Å². The number of para-hydroxylation sites is 1. The molecule has 5 heteroatoms. The number of aryl methyl sites for hydroxylation is 1. The summed E-state index contributed by atoms with van der Waals surface area (Å²) < 4.78 is 6.66. The molecule has 4 aromatic rings. The second kappa shape index (κ2) is 6.44. The molecule has 0 saturated heterocycles. The third-order valence-corrected chi connectivity index (χ3v) is 4.26. The molecule has 0 N–H and O–H groups in total. The minimum absolute atomic E-state index is 0.383. The van der Waals surface area contributed by atoms with Crippen molar-refractivity contribution in [1.29, 1.82) is 0 Å². The summed E-state index contributed by atoms with van der Waals surface area (Å²) in [6.45, 7) is 2.05. The number of fused-ring (bicyclic) bond motifs is 1. The Hall–Kier alpha value is -3.47. The van der Waals surface area contributed by atoms with Crippen LogP contribution in [0.1, 0.15) is 15.9 Å². The average Bonchev–Trinajstić information content (AvgIpc) is 3.07. The highest BCUT2D eigenvalue weighted by atomic mass is 16.5. The van der Waals surface area contributed by atoms with E-state index in [1.54, 1.807) is 6.07 Å². The predicted octanol–water partition coefficient (Wildman–Crippen LogP) is 4.18. The quantitative estimate of drug-likeness (QED) is 0.524. The Morgan fingerprint density at radius 3 is 2.46 bits per heavy atom. The molecule has 0 aliphatic heterocycles. The van der Waals surface area contributed by atoms with Gasteiger partial charge in [0.2, 0.25) is 0 Å². The van der Waals surface area contributed by atoms with Crippen molar-refractivity contribution in [2.24, 2.45) is 0 Å². The number of nitrogens with zero attached hydrogens (tertiary/aromatic N) is 3. The van der Waals surface area contributed by atoms with Crippen LogP contribution in [0.2, 0.25) is 0 Å². The number of esters is 1. The molecule has 0 aliphatic carbocycles. The van der Waals surface area contributed by atoms with Crippen LogP contribution in [0.25, 0.3) is 28.0 Å². The van der Waals surface area contributed by atoms with Crippen molar-refractivity contribution in [3.63, 3.8) is 0 Å². The minimum atomic E-state index is -0.425. The first kappa shape index (κ1) is 16.0. The zero-order valence-corrected chi connectivity index (χ0v) is 14.5. The topological polar surface area (TPSA) is 57.0 Å². The van der Waals surface area contributed by atoms with Gasteiger partial charge in [-0.05, 0) is 25.1 Å². The van der Waals surface area contributed by atoms with E-state index < -0.39 is 5.97 Å². The first-order valence-electron chi connectivity index (χ1n) is 8.27. The van der Waals surface area contributed by atoms with Gasteiger partial charge in [0.1, 0.15) is 16.7 Å². The molecule has 2 aromatic heterocycles. The van der Waals surface area contributed by atoms with E-state index in [9.17, 15) is 4.79 Å². The van der Waals surface area contributed by atoms with E-state index in [2.05, 4.69) is 36.2 Å². The monoisotopic (exact) mass is 343 g/mol. The molecular formula is C21H17N3O2. The lowest BCUT2D eigenvalue weighted by Gasteiger charge is -2.08. The van der Waals surface area contributed by atoms with Crippen LogP contribution in [0.5, 0.6) is 0 Å². The van der Waals surface area contributed by atoms with Crippen LogP contribution in [0.4, 0.5) is 0 Å². The van der Waals surface area contributed by atoms with Crippen molar-refractivity contribution >= 4 is 17.0 Å². The van der Waals surface area contributed by atoms with Crippen LogP contribution < -0.4 is 0 Å². The number of ether oxygens (including phenoxy) is 1. The SMILES string of the molecule is COC(=O)c1cnc2c(-c3ccc(C)cc3)n(-c3ccccc3)nc2c1. The number of carbonyl (C=O) groups excluding carboxylic acids is 1. The van der Waals surface area contributed by atoms with E-state index in [1.165, 1.54) is 18.9 Å². The highest BCUT2D eigenvalue weighted by Gasteiger charge is 2.18. The van der Waals surface area contributed by atoms with E-state index in [0.717, 1.165) is 22.5 Å². The van der Waals surface area contributed by atoms with Gasteiger partial charge in [-0.1, -0.05) is 48.0 Å². The molecule has 0 radical (unpaired) electrons. The molecule has 0 amide bonds. The Morgan fingerprint density at radius 2 is 1.77 bits per heavy atom. The molecule has 26 heavy (non-hydrogen) atoms. The Kier molecular flexibility index (Phi) is 3.97. The van der Waals surface area contributed by atoms with Gasteiger partial charge in [-0.2, -0.15) is 5.10 Å². The number of hydrogen-bond acceptors (Lipinski definition) is 4. The fraction of sp³-hybridized carbons (Fsp3) is 0.0952. The molecule has 0 unspecified atom stereocenters. The van der Waals surface area contributed by atoms with Crippen LogP contribution in [0.3, 0.4) is 0 Å². The zero-order valence-electron chi connectivity index (χ0n) is 14.5. The van der Waals surface area contributed by atoms with Crippen LogP contribution in [0, 0.1) is 6.92 Å². The Labute approximate surface area is 150 Å². The van der Waals surface area contributed by atoms with Gasteiger partial charge in [-0.3, -0.25) is 4.98 Å². The number of benzene rings is 2. The number of hydrogen-bond donors (Lipinski definition) is 0. The molecule has 0 spiro atoms. The summed E-state index contributed by atoms with van der Waals surface area (Å²) in [7, 11) is 1.35. The van der Waals surface area contributed by atoms with E-state index in [1.807, 2.05) is 35.0 Å². The molecule has 0 bridgehead atoms. The second-order valence-electron chi connectivity index (χ2n) is 6.05. The standard InChI is InChI=1S/C21H17N3O2/c1-14-8-10-15(11-9-14)20-19-18(12-16(13-22-19)21(25)26-2)23-24(20)17-6-4-3-5-7-17/h3-13H,1-2H3. The van der Waals surface area contributed by atoms with Crippen molar-refractivity contribution in [1.82, 2.24) is 14.8 Å². The van der Waals surface area contributed by atoms with Crippen LogP contribution in [0.15, 0.2) is 66.9 Å². The normalized spacial score (nSPS) is 10.8. The summed E-state index contributed by atoms with van der Waals surface area (Å²) >= 11 is 0. The molecule has 0 aliphatic rings. The summed E-state index contributed by atoms with van der Waals surface area (Å²) in [4.78, 5) is 16.3. The molecule has 5 nitrogen and oxygen atoms in total. The zero-order chi connectivity index (χ0) is 18.1. The third-order valence-electron chi connectivity index (χ3n) is 4.26. The molecular weight excluding hydrogens is 326 g/mol. The lowest BCUT2D eigenvalue weighted by molar-refractivity contribution is 0.0600. The van der Waals surface area contributed by atoms with Crippen LogP contribution in [-0.2, 0) is 4.74 Å². The fourth-order valence-electron chi connectivity index (χ4n) is 2.93. The van der Waals surface area contributed by atoms with Gasteiger partial charge in [-0.25, -0.2) is 9.48 Å².